The van der Waals surface area contributed by atoms with Crippen LogP contribution in [-0.2, 0) is 4.79 Å². The summed E-state index contributed by atoms with van der Waals surface area (Å²) in [5.41, 5.74) is 1.06. The van der Waals surface area contributed by atoms with Crippen LogP contribution in [0.3, 0.4) is 0 Å². The summed E-state index contributed by atoms with van der Waals surface area (Å²) < 4.78 is 0. The van der Waals surface area contributed by atoms with Crippen molar-refractivity contribution in [2.75, 3.05) is 0 Å². The maximum absolute atomic E-state index is 12.3. The molecule has 3 heteroatoms. The van der Waals surface area contributed by atoms with E-state index in [0.29, 0.717) is 23.7 Å². The van der Waals surface area contributed by atoms with E-state index in [9.17, 15) is 15.0 Å². The summed E-state index contributed by atoms with van der Waals surface area (Å²) >= 11 is 0. The van der Waals surface area contributed by atoms with Gasteiger partial charge < -0.3 is 10.2 Å². The highest BCUT2D eigenvalue weighted by Crippen LogP contribution is 2.68. The SMILES string of the molecule is CC(C)CCC[C@@H](C)C1CC[C@H]2C3=CC[C@@H]4[C@](C)(CC[C@H](O)[C@@]4(C)C(=O)O)[C@H]3CC[C@]12C. The van der Waals surface area contributed by atoms with Crippen molar-refractivity contribution in [3.63, 3.8) is 0 Å². The highest BCUT2D eigenvalue weighted by Gasteiger charge is 2.64. The van der Waals surface area contributed by atoms with Gasteiger partial charge in [-0.1, -0.05) is 65.5 Å². The van der Waals surface area contributed by atoms with Crippen LogP contribution in [0.15, 0.2) is 11.6 Å². The summed E-state index contributed by atoms with van der Waals surface area (Å²) in [6.45, 7) is 14.0. The van der Waals surface area contributed by atoms with Crippen molar-refractivity contribution in [2.45, 2.75) is 112 Å². The fourth-order valence-corrected chi connectivity index (χ4v) is 9.33. The molecule has 0 aromatic rings. The molecule has 0 aromatic heterocycles. The number of fused-ring (bicyclic) bond motifs is 5. The molecule has 4 rings (SSSR count). The first-order valence-corrected chi connectivity index (χ1v) is 13.6. The van der Waals surface area contributed by atoms with Gasteiger partial charge in [0.25, 0.3) is 0 Å². The normalized spacial score (nSPS) is 46.8. The second-order valence-corrected chi connectivity index (χ2v) is 13.3. The fourth-order valence-electron chi connectivity index (χ4n) is 9.33. The quantitative estimate of drug-likeness (QED) is 0.430. The molecule has 3 fully saturated rings. The molecule has 3 nitrogen and oxygen atoms in total. The summed E-state index contributed by atoms with van der Waals surface area (Å²) in [5, 5.41) is 20.9. The summed E-state index contributed by atoms with van der Waals surface area (Å²) in [7, 11) is 0. The molecule has 1 unspecified atom stereocenters. The third kappa shape index (κ3) is 3.51. The monoisotopic (exact) mass is 444 g/mol. The highest BCUT2D eigenvalue weighted by atomic mass is 16.4. The number of rotatable bonds is 6. The Bertz CT molecular complexity index is 756. The van der Waals surface area contributed by atoms with Gasteiger partial charge in [0.1, 0.15) is 0 Å². The Labute approximate surface area is 196 Å². The van der Waals surface area contributed by atoms with Crippen LogP contribution in [0.1, 0.15) is 106 Å². The number of aliphatic hydroxyl groups is 1. The average molecular weight is 445 g/mol. The third-order valence-electron chi connectivity index (χ3n) is 11.3. The van der Waals surface area contributed by atoms with Gasteiger partial charge >= 0.3 is 5.97 Å². The van der Waals surface area contributed by atoms with Crippen LogP contribution in [-0.4, -0.2) is 22.3 Å². The smallest absolute Gasteiger partial charge is 0.312 e. The lowest BCUT2D eigenvalue weighted by Gasteiger charge is -2.61. The first-order chi connectivity index (χ1) is 15.0. The van der Waals surface area contributed by atoms with Crippen molar-refractivity contribution >= 4 is 5.97 Å². The van der Waals surface area contributed by atoms with Crippen molar-refractivity contribution in [3.8, 4) is 0 Å². The van der Waals surface area contributed by atoms with E-state index in [0.717, 1.165) is 30.6 Å². The van der Waals surface area contributed by atoms with E-state index < -0.39 is 17.5 Å². The van der Waals surface area contributed by atoms with E-state index in [-0.39, 0.29) is 11.3 Å². The van der Waals surface area contributed by atoms with Crippen molar-refractivity contribution in [2.24, 2.45) is 51.8 Å². The zero-order chi connectivity index (χ0) is 23.5. The van der Waals surface area contributed by atoms with Crippen LogP contribution in [0.4, 0.5) is 0 Å². The second kappa shape index (κ2) is 8.43. The molecule has 32 heavy (non-hydrogen) atoms. The largest absolute Gasteiger partial charge is 0.481 e. The molecule has 0 bridgehead atoms. The Hall–Kier alpha value is -0.830. The molecule has 0 heterocycles. The Morgan fingerprint density at radius 1 is 1.00 bits per heavy atom. The Kier molecular flexibility index (Phi) is 6.40. The van der Waals surface area contributed by atoms with Crippen LogP contribution in [0, 0.1) is 51.8 Å². The molecule has 9 atom stereocenters. The van der Waals surface area contributed by atoms with Gasteiger partial charge in [-0.2, -0.15) is 0 Å². The van der Waals surface area contributed by atoms with E-state index in [1.54, 1.807) is 5.57 Å². The molecule has 182 valence electrons. The number of carbonyl (C=O) groups is 1. The minimum atomic E-state index is -1.03. The molecule has 0 aromatic carbocycles. The van der Waals surface area contributed by atoms with E-state index in [1.807, 2.05) is 6.92 Å². The molecule has 0 spiro atoms. The highest BCUT2D eigenvalue weighted by molar-refractivity contribution is 5.76. The Morgan fingerprint density at radius 3 is 2.31 bits per heavy atom. The number of carboxylic acid groups (broad SMARTS) is 1. The molecule has 4 aliphatic rings. The molecule has 0 aliphatic heterocycles. The molecule has 0 amide bonds. The van der Waals surface area contributed by atoms with E-state index in [4.69, 9.17) is 0 Å². The van der Waals surface area contributed by atoms with Crippen LogP contribution in [0.2, 0.25) is 0 Å². The van der Waals surface area contributed by atoms with Crippen LogP contribution in [0.25, 0.3) is 0 Å². The standard InChI is InChI=1S/C29H48O3/c1-18(2)8-7-9-19(3)21-11-12-22-20-10-13-24-28(5,23(20)14-16-27(21,22)4)17-15-25(30)29(24,6)26(31)32/h10,18-19,21-25,30H,7-9,11-17H2,1-6H3,(H,31,32)/t19-,21?,22+,23+,24-,25+,27-,28-,29+/m1/s1. The van der Waals surface area contributed by atoms with Crippen LogP contribution >= 0.6 is 0 Å². The summed E-state index contributed by atoms with van der Waals surface area (Å²) in [6.07, 6.45) is 13.4. The van der Waals surface area contributed by atoms with Gasteiger partial charge in [0.05, 0.1) is 11.5 Å². The van der Waals surface area contributed by atoms with Crippen molar-refractivity contribution in [1.29, 1.82) is 0 Å². The van der Waals surface area contributed by atoms with Crippen molar-refractivity contribution in [3.05, 3.63) is 11.6 Å². The maximum atomic E-state index is 12.3. The third-order valence-corrected chi connectivity index (χ3v) is 11.3. The molecule has 0 saturated heterocycles. The lowest BCUT2D eigenvalue weighted by atomic mass is 9.43. The van der Waals surface area contributed by atoms with Crippen molar-refractivity contribution < 1.29 is 15.0 Å². The fraction of sp³-hybridized carbons (Fsp3) is 0.897. The zero-order valence-electron chi connectivity index (χ0n) is 21.5. The molecule has 4 aliphatic carbocycles. The van der Waals surface area contributed by atoms with Gasteiger partial charge in [-0.15, -0.1) is 0 Å². The average Bonchev–Trinajstić information content (AvgIpc) is 3.08. The lowest BCUT2D eigenvalue weighted by molar-refractivity contribution is -0.182. The number of allylic oxidation sites excluding steroid dienone is 2. The van der Waals surface area contributed by atoms with Gasteiger partial charge in [-0.3, -0.25) is 4.79 Å². The van der Waals surface area contributed by atoms with Crippen LogP contribution < -0.4 is 0 Å². The summed E-state index contributed by atoms with van der Waals surface area (Å²) in [6, 6.07) is 0. The maximum Gasteiger partial charge on any atom is 0.312 e. The van der Waals surface area contributed by atoms with Gasteiger partial charge in [0, 0.05) is 0 Å². The topological polar surface area (TPSA) is 57.5 Å². The van der Waals surface area contributed by atoms with Gasteiger partial charge in [-0.25, -0.2) is 0 Å². The number of hydrogen-bond acceptors (Lipinski definition) is 2. The molecular weight excluding hydrogens is 396 g/mol. The van der Waals surface area contributed by atoms with E-state index in [2.05, 4.69) is 40.7 Å². The molecule has 2 N–H and O–H groups in total. The Balaban J connectivity index is 1.58. The van der Waals surface area contributed by atoms with Crippen LogP contribution in [0.5, 0.6) is 0 Å². The summed E-state index contributed by atoms with van der Waals surface area (Å²) in [5.74, 6) is 2.82. The second-order valence-electron chi connectivity index (χ2n) is 13.3. The van der Waals surface area contributed by atoms with E-state index >= 15 is 0 Å². The predicted molar refractivity (Wildman–Crippen MR) is 130 cm³/mol. The molecule has 3 saturated carbocycles. The zero-order valence-corrected chi connectivity index (χ0v) is 21.5. The molecular formula is C29H48O3. The number of aliphatic hydroxyl groups excluding tert-OH is 1. The molecule has 0 radical (unpaired) electrons. The predicted octanol–water partition coefficient (Wildman–Crippen LogP) is 7.09. The van der Waals surface area contributed by atoms with Gasteiger partial charge in [0.2, 0.25) is 0 Å². The van der Waals surface area contributed by atoms with E-state index in [1.165, 1.54) is 44.9 Å². The van der Waals surface area contributed by atoms with Gasteiger partial charge in [0.15, 0.2) is 0 Å². The first-order valence-electron chi connectivity index (χ1n) is 13.6. The first kappa shape index (κ1) is 24.3. The van der Waals surface area contributed by atoms with Crippen molar-refractivity contribution in [1.82, 2.24) is 0 Å². The lowest BCUT2D eigenvalue weighted by Crippen LogP contribution is -2.60. The minimum absolute atomic E-state index is 0.00124. The Morgan fingerprint density at radius 2 is 1.66 bits per heavy atom. The minimum Gasteiger partial charge on any atom is -0.481 e. The summed E-state index contributed by atoms with van der Waals surface area (Å²) in [4.78, 5) is 12.3. The number of aliphatic carboxylic acids is 1. The number of carboxylic acids is 1. The van der Waals surface area contributed by atoms with Gasteiger partial charge in [-0.05, 0) is 98.2 Å². The number of hydrogen-bond donors (Lipinski definition) is 2.